The number of carboxylic acid groups (broad SMARTS) is 1. The van der Waals surface area contributed by atoms with Crippen LogP contribution in [-0.2, 0) is 0 Å². The summed E-state index contributed by atoms with van der Waals surface area (Å²) in [6.45, 7) is 4.21. The van der Waals surface area contributed by atoms with E-state index in [1.165, 1.54) is 25.3 Å². The Kier molecular flexibility index (Phi) is 4.93. The van der Waals surface area contributed by atoms with Crippen LogP contribution in [-0.4, -0.2) is 28.1 Å². The summed E-state index contributed by atoms with van der Waals surface area (Å²) in [5.41, 5.74) is 0. The first-order valence-electron chi connectivity index (χ1n) is 6.82. The average Bonchev–Trinajstić information content (AvgIpc) is 2.99. The van der Waals surface area contributed by atoms with E-state index in [2.05, 4.69) is 12.2 Å². The van der Waals surface area contributed by atoms with Crippen molar-refractivity contribution >= 4 is 17.7 Å². The van der Waals surface area contributed by atoms with E-state index >= 15 is 0 Å². The molecule has 3 unspecified atom stereocenters. The Morgan fingerprint density at radius 3 is 3.00 bits per heavy atom. The molecule has 2 N–H and O–H groups in total. The Morgan fingerprint density at radius 2 is 2.37 bits per heavy atom. The average molecular weight is 283 g/mol. The molecule has 0 radical (unpaired) electrons. The van der Waals surface area contributed by atoms with Crippen molar-refractivity contribution in [1.82, 2.24) is 5.32 Å². The highest BCUT2D eigenvalue weighted by Gasteiger charge is 2.29. The molecule has 4 nitrogen and oxygen atoms in total. The maximum absolute atomic E-state index is 10.8. The van der Waals surface area contributed by atoms with E-state index in [-0.39, 0.29) is 11.8 Å². The van der Waals surface area contributed by atoms with Gasteiger partial charge in [-0.2, -0.15) is 11.8 Å². The smallest absolute Gasteiger partial charge is 0.371 e. The molecule has 5 heteroatoms. The van der Waals surface area contributed by atoms with E-state index in [1.54, 1.807) is 6.07 Å². The van der Waals surface area contributed by atoms with Gasteiger partial charge in [0.05, 0.1) is 6.04 Å². The standard InChI is InChI=1S/C14H21NO3S/c1-3-19-13-6-4-5-10(13)15-9(2)11-7-8-12(18-11)14(16)17/h7-10,13,15H,3-6H2,1-2H3,(H,16,17). The highest BCUT2D eigenvalue weighted by atomic mass is 32.2. The zero-order valence-corrected chi connectivity index (χ0v) is 12.2. The number of carboxylic acids is 1. The molecule has 2 rings (SSSR count). The number of thioether (sulfide) groups is 1. The van der Waals surface area contributed by atoms with Crippen LogP contribution in [0, 0.1) is 0 Å². The molecule has 0 aromatic carbocycles. The Bertz CT molecular complexity index is 432. The fraction of sp³-hybridized carbons (Fsp3) is 0.643. The van der Waals surface area contributed by atoms with Gasteiger partial charge in [0.25, 0.3) is 0 Å². The molecule has 1 heterocycles. The quantitative estimate of drug-likeness (QED) is 0.838. The van der Waals surface area contributed by atoms with Crippen LogP contribution in [0.1, 0.15) is 55.5 Å². The first-order chi connectivity index (χ1) is 9.11. The molecule has 0 saturated heterocycles. The van der Waals surface area contributed by atoms with Gasteiger partial charge in [-0.05, 0) is 37.7 Å². The van der Waals surface area contributed by atoms with Crippen LogP contribution >= 0.6 is 11.8 Å². The van der Waals surface area contributed by atoms with Gasteiger partial charge in [-0.15, -0.1) is 0 Å². The van der Waals surface area contributed by atoms with Gasteiger partial charge < -0.3 is 14.8 Å². The summed E-state index contributed by atoms with van der Waals surface area (Å²) in [7, 11) is 0. The molecular formula is C14H21NO3S. The zero-order valence-electron chi connectivity index (χ0n) is 11.4. The van der Waals surface area contributed by atoms with Crippen molar-refractivity contribution in [2.45, 2.75) is 50.4 Å². The summed E-state index contributed by atoms with van der Waals surface area (Å²) in [5, 5.41) is 13.1. The number of nitrogens with one attached hydrogen (secondary N) is 1. The maximum Gasteiger partial charge on any atom is 0.371 e. The first kappa shape index (κ1) is 14.5. The number of carbonyl (C=O) groups is 1. The van der Waals surface area contributed by atoms with Crippen molar-refractivity contribution < 1.29 is 14.3 Å². The van der Waals surface area contributed by atoms with Crippen molar-refractivity contribution in [2.75, 3.05) is 5.75 Å². The molecule has 1 aromatic heterocycles. The van der Waals surface area contributed by atoms with Gasteiger partial charge >= 0.3 is 5.97 Å². The number of hydrogen-bond donors (Lipinski definition) is 2. The van der Waals surface area contributed by atoms with Crippen molar-refractivity contribution in [2.24, 2.45) is 0 Å². The Hall–Kier alpha value is -0.940. The summed E-state index contributed by atoms with van der Waals surface area (Å²) in [4.78, 5) is 10.8. The summed E-state index contributed by atoms with van der Waals surface area (Å²) in [6.07, 6.45) is 3.72. The van der Waals surface area contributed by atoms with Crippen molar-refractivity contribution in [3.8, 4) is 0 Å². The molecule has 1 aliphatic carbocycles. The molecule has 1 aliphatic rings. The van der Waals surface area contributed by atoms with Crippen LogP contribution in [0.5, 0.6) is 0 Å². The predicted octanol–water partition coefficient (Wildman–Crippen LogP) is 3.30. The SMILES string of the molecule is CCSC1CCCC1NC(C)c1ccc(C(=O)O)o1. The van der Waals surface area contributed by atoms with E-state index in [0.717, 1.165) is 5.75 Å². The Labute approximate surface area is 117 Å². The molecule has 0 bridgehead atoms. The molecule has 0 aliphatic heterocycles. The highest BCUT2D eigenvalue weighted by molar-refractivity contribution is 7.99. The molecule has 1 aromatic rings. The van der Waals surface area contributed by atoms with E-state index in [4.69, 9.17) is 9.52 Å². The lowest BCUT2D eigenvalue weighted by atomic mass is 10.2. The van der Waals surface area contributed by atoms with Gasteiger partial charge in [0.2, 0.25) is 5.76 Å². The molecule has 3 atom stereocenters. The second-order valence-corrected chi connectivity index (χ2v) is 6.44. The summed E-state index contributed by atoms with van der Waals surface area (Å²) < 4.78 is 5.34. The van der Waals surface area contributed by atoms with Crippen molar-refractivity contribution in [3.63, 3.8) is 0 Å². The summed E-state index contributed by atoms with van der Waals surface area (Å²) in [6, 6.07) is 3.82. The third kappa shape index (κ3) is 3.54. The van der Waals surface area contributed by atoms with Crippen LogP contribution in [0.15, 0.2) is 16.5 Å². The number of furan rings is 1. The third-order valence-corrected chi connectivity index (χ3v) is 4.89. The Balaban J connectivity index is 1.95. The molecule has 0 spiro atoms. The number of hydrogen-bond acceptors (Lipinski definition) is 4. The van der Waals surface area contributed by atoms with Gasteiger partial charge in [-0.3, -0.25) is 0 Å². The largest absolute Gasteiger partial charge is 0.475 e. The summed E-state index contributed by atoms with van der Waals surface area (Å²) >= 11 is 2.01. The minimum Gasteiger partial charge on any atom is -0.475 e. The normalized spacial score (nSPS) is 24.5. The van der Waals surface area contributed by atoms with Crippen LogP contribution in [0.3, 0.4) is 0 Å². The zero-order chi connectivity index (χ0) is 13.8. The van der Waals surface area contributed by atoms with E-state index < -0.39 is 5.97 Å². The Morgan fingerprint density at radius 1 is 1.58 bits per heavy atom. The van der Waals surface area contributed by atoms with Crippen LogP contribution in [0.4, 0.5) is 0 Å². The van der Waals surface area contributed by atoms with E-state index in [9.17, 15) is 4.79 Å². The van der Waals surface area contributed by atoms with Gasteiger partial charge in [0, 0.05) is 11.3 Å². The molecule has 1 fully saturated rings. The molecule has 0 amide bonds. The predicted molar refractivity (Wildman–Crippen MR) is 76.8 cm³/mol. The maximum atomic E-state index is 10.8. The molecule has 1 saturated carbocycles. The summed E-state index contributed by atoms with van der Waals surface area (Å²) in [5.74, 6) is 0.832. The second kappa shape index (κ2) is 6.48. The van der Waals surface area contributed by atoms with E-state index in [0.29, 0.717) is 17.1 Å². The molecule has 106 valence electrons. The lowest BCUT2D eigenvalue weighted by Gasteiger charge is -2.23. The first-order valence-corrected chi connectivity index (χ1v) is 7.87. The molecular weight excluding hydrogens is 262 g/mol. The van der Waals surface area contributed by atoms with Gasteiger partial charge in [0.1, 0.15) is 5.76 Å². The van der Waals surface area contributed by atoms with Crippen LogP contribution in [0.2, 0.25) is 0 Å². The second-order valence-electron chi connectivity index (χ2n) is 4.93. The topological polar surface area (TPSA) is 62.5 Å². The monoisotopic (exact) mass is 283 g/mol. The van der Waals surface area contributed by atoms with Crippen LogP contribution in [0.25, 0.3) is 0 Å². The van der Waals surface area contributed by atoms with Crippen molar-refractivity contribution in [3.05, 3.63) is 23.7 Å². The third-order valence-electron chi connectivity index (χ3n) is 3.56. The number of rotatable bonds is 6. The van der Waals surface area contributed by atoms with Gasteiger partial charge in [0.15, 0.2) is 0 Å². The van der Waals surface area contributed by atoms with Gasteiger partial charge in [-0.1, -0.05) is 13.3 Å². The lowest BCUT2D eigenvalue weighted by molar-refractivity contribution is 0.0659. The molecule has 19 heavy (non-hydrogen) atoms. The fourth-order valence-electron chi connectivity index (χ4n) is 2.63. The van der Waals surface area contributed by atoms with Crippen LogP contribution < -0.4 is 5.32 Å². The minimum absolute atomic E-state index is 0.00885. The van der Waals surface area contributed by atoms with E-state index in [1.807, 2.05) is 18.7 Å². The fourth-order valence-corrected chi connectivity index (χ4v) is 3.84. The van der Waals surface area contributed by atoms with Gasteiger partial charge in [-0.25, -0.2) is 4.79 Å². The minimum atomic E-state index is -1.02. The lowest BCUT2D eigenvalue weighted by Crippen LogP contribution is -2.35. The number of aromatic carboxylic acids is 1. The highest BCUT2D eigenvalue weighted by Crippen LogP contribution is 2.31. The van der Waals surface area contributed by atoms with Crippen molar-refractivity contribution in [1.29, 1.82) is 0 Å².